The van der Waals surface area contributed by atoms with Crippen LogP contribution in [0.3, 0.4) is 0 Å². The summed E-state index contributed by atoms with van der Waals surface area (Å²) >= 11 is 0. The third-order valence-electron chi connectivity index (χ3n) is 5.03. The molecule has 1 aliphatic rings. The topological polar surface area (TPSA) is 34.1 Å². The Bertz CT molecular complexity index is 845. The molecule has 0 amide bonds. The maximum absolute atomic E-state index is 14.0. The van der Waals surface area contributed by atoms with Crippen LogP contribution in [0.4, 0.5) is 14.5 Å². The van der Waals surface area contributed by atoms with Gasteiger partial charge in [0.1, 0.15) is 11.6 Å². The van der Waals surface area contributed by atoms with Crippen LogP contribution in [0.25, 0.3) is 0 Å². The van der Waals surface area contributed by atoms with Gasteiger partial charge in [-0.15, -0.1) is 0 Å². The van der Waals surface area contributed by atoms with E-state index in [4.69, 9.17) is 0 Å². The molecule has 3 rings (SSSR count). The van der Waals surface area contributed by atoms with Gasteiger partial charge in [-0.1, -0.05) is 18.2 Å². The monoisotopic (exact) mass is 401 g/mol. The summed E-state index contributed by atoms with van der Waals surface area (Å²) in [6.45, 7) is 4.09. The number of guanidine groups is 1. The molecule has 1 saturated heterocycles. The second-order valence-electron chi connectivity index (χ2n) is 7.49. The summed E-state index contributed by atoms with van der Waals surface area (Å²) in [6, 6.07) is 12.1. The van der Waals surface area contributed by atoms with Crippen LogP contribution < -0.4 is 10.2 Å². The van der Waals surface area contributed by atoms with Crippen molar-refractivity contribution >= 4 is 11.6 Å². The Labute approximate surface area is 171 Å². The molecule has 5 nitrogen and oxygen atoms in total. The molecule has 7 heteroatoms. The van der Waals surface area contributed by atoms with E-state index in [1.54, 1.807) is 19.2 Å². The maximum atomic E-state index is 14.0. The van der Waals surface area contributed by atoms with E-state index >= 15 is 0 Å². The van der Waals surface area contributed by atoms with Crippen molar-refractivity contribution in [3.8, 4) is 0 Å². The summed E-state index contributed by atoms with van der Waals surface area (Å²) < 4.78 is 28.0. The molecule has 0 saturated carbocycles. The minimum Gasteiger partial charge on any atom is -0.366 e. The van der Waals surface area contributed by atoms with E-state index in [0.717, 1.165) is 37.7 Å². The fraction of sp³-hybridized carbons (Fsp3) is 0.409. The van der Waals surface area contributed by atoms with Crippen LogP contribution in [0, 0.1) is 11.6 Å². The van der Waals surface area contributed by atoms with Crippen molar-refractivity contribution in [2.24, 2.45) is 4.99 Å². The first-order chi connectivity index (χ1) is 14.0. The number of nitrogens with one attached hydrogen (secondary N) is 1. The Morgan fingerprint density at radius 1 is 1.03 bits per heavy atom. The Morgan fingerprint density at radius 2 is 1.76 bits per heavy atom. The molecule has 1 N–H and O–H groups in total. The van der Waals surface area contributed by atoms with Crippen molar-refractivity contribution in [2.75, 3.05) is 52.2 Å². The number of nitrogens with zero attached hydrogens (tertiary/aromatic N) is 4. The molecular formula is C22H29F2N5. The Hall–Kier alpha value is -2.67. The molecular weight excluding hydrogens is 372 g/mol. The summed E-state index contributed by atoms with van der Waals surface area (Å²) in [7, 11) is 5.61. The number of piperazine rings is 1. The van der Waals surface area contributed by atoms with Gasteiger partial charge < -0.3 is 20.0 Å². The average molecular weight is 402 g/mol. The summed E-state index contributed by atoms with van der Waals surface area (Å²) in [5.74, 6) is 0.432. The molecule has 1 fully saturated rings. The van der Waals surface area contributed by atoms with Crippen LogP contribution in [0.5, 0.6) is 0 Å². The largest absolute Gasteiger partial charge is 0.366 e. The Balaban J connectivity index is 1.57. The normalized spacial score (nSPS) is 15.2. The molecule has 1 aliphatic heterocycles. The second kappa shape index (κ2) is 9.69. The summed E-state index contributed by atoms with van der Waals surface area (Å²) in [4.78, 5) is 10.6. The molecule has 156 valence electrons. The van der Waals surface area contributed by atoms with Crippen LogP contribution in [0.15, 0.2) is 47.5 Å². The van der Waals surface area contributed by atoms with E-state index in [0.29, 0.717) is 24.3 Å². The molecule has 0 spiro atoms. The molecule has 2 aromatic carbocycles. The number of rotatable bonds is 5. The van der Waals surface area contributed by atoms with Gasteiger partial charge in [0, 0.05) is 51.9 Å². The van der Waals surface area contributed by atoms with E-state index in [1.807, 2.05) is 37.2 Å². The second-order valence-corrected chi connectivity index (χ2v) is 7.49. The van der Waals surface area contributed by atoms with Crippen LogP contribution >= 0.6 is 0 Å². The van der Waals surface area contributed by atoms with Crippen LogP contribution in [-0.2, 0) is 13.1 Å². The average Bonchev–Trinajstić information content (AvgIpc) is 2.71. The number of benzene rings is 2. The predicted octanol–water partition coefficient (Wildman–Crippen LogP) is 2.92. The van der Waals surface area contributed by atoms with Gasteiger partial charge in [-0.05, 0) is 43.9 Å². The number of hydrogen-bond acceptors (Lipinski definition) is 3. The lowest BCUT2D eigenvalue weighted by molar-refractivity contribution is 0.370. The van der Waals surface area contributed by atoms with Crippen molar-refractivity contribution in [3.05, 3.63) is 65.2 Å². The Kier molecular flexibility index (Phi) is 7.04. The first-order valence-corrected chi connectivity index (χ1v) is 9.85. The highest BCUT2D eigenvalue weighted by atomic mass is 19.1. The van der Waals surface area contributed by atoms with Gasteiger partial charge in [0.15, 0.2) is 5.96 Å². The van der Waals surface area contributed by atoms with Gasteiger partial charge in [-0.25, -0.2) is 8.78 Å². The Morgan fingerprint density at radius 3 is 2.41 bits per heavy atom. The van der Waals surface area contributed by atoms with Gasteiger partial charge in [-0.2, -0.15) is 0 Å². The lowest BCUT2D eigenvalue weighted by Gasteiger charge is -2.37. The van der Waals surface area contributed by atoms with Gasteiger partial charge in [-0.3, -0.25) is 4.99 Å². The molecule has 0 aromatic heterocycles. The first kappa shape index (κ1) is 21.0. The number of para-hydroxylation sites is 1. The minimum absolute atomic E-state index is 0.184. The van der Waals surface area contributed by atoms with E-state index in [9.17, 15) is 8.78 Å². The van der Waals surface area contributed by atoms with E-state index in [2.05, 4.69) is 20.1 Å². The third kappa shape index (κ3) is 5.44. The smallest absolute Gasteiger partial charge is 0.194 e. The van der Waals surface area contributed by atoms with Crippen LogP contribution in [0.1, 0.15) is 11.1 Å². The highest BCUT2D eigenvalue weighted by molar-refractivity contribution is 5.80. The number of hydrogen-bond donors (Lipinski definition) is 1. The highest BCUT2D eigenvalue weighted by Crippen LogP contribution is 2.20. The molecule has 0 atom stereocenters. The first-order valence-electron chi connectivity index (χ1n) is 9.85. The summed E-state index contributed by atoms with van der Waals surface area (Å²) in [6.07, 6.45) is 0. The maximum Gasteiger partial charge on any atom is 0.194 e. The molecule has 0 bridgehead atoms. The summed E-state index contributed by atoms with van der Waals surface area (Å²) in [5.41, 5.74) is 2.34. The van der Waals surface area contributed by atoms with Crippen molar-refractivity contribution in [3.63, 3.8) is 0 Å². The highest BCUT2D eigenvalue weighted by Gasteiger charge is 2.21. The van der Waals surface area contributed by atoms with Crippen molar-refractivity contribution in [1.82, 2.24) is 15.1 Å². The van der Waals surface area contributed by atoms with Gasteiger partial charge in [0.2, 0.25) is 0 Å². The van der Waals surface area contributed by atoms with Crippen molar-refractivity contribution < 1.29 is 8.78 Å². The number of aliphatic imine (C=N–C) groups is 1. The zero-order chi connectivity index (χ0) is 20.8. The lowest BCUT2D eigenvalue weighted by Crippen LogP contribution is -2.52. The van der Waals surface area contributed by atoms with Crippen molar-refractivity contribution in [1.29, 1.82) is 0 Å². The predicted molar refractivity (Wildman–Crippen MR) is 114 cm³/mol. The lowest BCUT2D eigenvalue weighted by atomic mass is 10.1. The van der Waals surface area contributed by atoms with Crippen LogP contribution in [-0.4, -0.2) is 63.1 Å². The van der Waals surface area contributed by atoms with Crippen LogP contribution in [0.2, 0.25) is 0 Å². The van der Waals surface area contributed by atoms with Gasteiger partial charge in [0.05, 0.1) is 5.69 Å². The molecule has 0 radical (unpaired) electrons. The van der Waals surface area contributed by atoms with Gasteiger partial charge >= 0.3 is 0 Å². The van der Waals surface area contributed by atoms with Gasteiger partial charge in [0.25, 0.3) is 0 Å². The fourth-order valence-corrected chi connectivity index (χ4v) is 3.58. The molecule has 0 unspecified atom stereocenters. The molecule has 29 heavy (non-hydrogen) atoms. The quantitative estimate of drug-likeness (QED) is 0.617. The molecule has 0 aliphatic carbocycles. The standard InChI is InChI=1S/C22H29F2N5/c1-25-22(26-15-17-8-9-19(23)18(14-17)16-27(2)3)29-12-10-28(11-13-29)21-7-5-4-6-20(21)24/h4-9,14H,10-13,15-16H2,1-3H3,(H,25,26). The fourth-order valence-electron chi connectivity index (χ4n) is 3.58. The van der Waals surface area contributed by atoms with E-state index < -0.39 is 0 Å². The SMILES string of the molecule is CN=C(NCc1ccc(F)c(CN(C)C)c1)N1CCN(c2ccccc2F)CC1. The number of anilines is 1. The number of halogens is 2. The van der Waals surface area contributed by atoms with Crippen molar-refractivity contribution in [2.45, 2.75) is 13.1 Å². The molecule has 2 aromatic rings. The third-order valence-corrected chi connectivity index (χ3v) is 5.03. The zero-order valence-corrected chi connectivity index (χ0v) is 17.3. The minimum atomic E-state index is -0.187. The van der Waals surface area contributed by atoms with E-state index in [-0.39, 0.29) is 11.6 Å². The zero-order valence-electron chi connectivity index (χ0n) is 17.3. The van der Waals surface area contributed by atoms with E-state index in [1.165, 1.54) is 12.1 Å². The summed E-state index contributed by atoms with van der Waals surface area (Å²) in [5, 5.41) is 3.37. The molecule has 1 heterocycles.